The van der Waals surface area contributed by atoms with E-state index in [0.29, 0.717) is 42.8 Å². The van der Waals surface area contributed by atoms with Gasteiger partial charge in [-0.15, -0.1) is 11.6 Å². The fourth-order valence-corrected chi connectivity index (χ4v) is 2.37. The number of hydrogen-bond donors (Lipinski definition) is 1. The van der Waals surface area contributed by atoms with Gasteiger partial charge < -0.3 is 15.1 Å². The second-order valence-corrected chi connectivity index (χ2v) is 4.94. The number of anilines is 1. The molecule has 0 aliphatic carbocycles. The molecule has 3 heterocycles. The number of rotatable bonds is 3. The molecule has 0 amide bonds. The zero-order chi connectivity index (χ0) is 12.8. The molecule has 0 spiro atoms. The molecule has 3 rings (SSSR count). The van der Waals surface area contributed by atoms with Crippen LogP contribution in [0.15, 0.2) is 16.7 Å². The van der Waals surface area contributed by atoms with Crippen LogP contribution in [0.4, 0.5) is 10.4 Å². The molecule has 0 atom stereocenters. The Morgan fingerprint density at radius 2 is 2.33 bits per heavy atom. The number of nitrogens with zero attached hydrogens (tertiary/aromatic N) is 3. The Balaban J connectivity index is 1.84. The first-order valence-corrected chi connectivity index (χ1v) is 6.12. The van der Waals surface area contributed by atoms with E-state index in [1.165, 1.54) is 6.07 Å². The van der Waals surface area contributed by atoms with E-state index in [2.05, 4.69) is 9.97 Å². The first kappa shape index (κ1) is 11.7. The lowest BCUT2D eigenvalue weighted by molar-refractivity contribution is 0.246. The molecular weight excluding hydrogens is 259 g/mol. The number of fused-ring (bicyclic) bond motifs is 1. The summed E-state index contributed by atoms with van der Waals surface area (Å²) in [5, 5.41) is 0. The maximum atomic E-state index is 13.0. The molecule has 2 N–H and O–H groups in total. The standard InChI is InChI=1S/C11H12ClFN4O/c12-3-11(4-14)5-17(6-11)10-16-8-1-7(13)2-15-9(8)18-10/h1-2H,3-6,14H2. The van der Waals surface area contributed by atoms with Crippen LogP contribution in [0.1, 0.15) is 0 Å². The van der Waals surface area contributed by atoms with Crippen LogP contribution in [0, 0.1) is 11.2 Å². The lowest BCUT2D eigenvalue weighted by atomic mass is 9.82. The highest BCUT2D eigenvalue weighted by Crippen LogP contribution is 2.35. The number of oxazole rings is 1. The molecule has 96 valence electrons. The maximum absolute atomic E-state index is 13.0. The van der Waals surface area contributed by atoms with Crippen molar-refractivity contribution in [3.05, 3.63) is 18.1 Å². The van der Waals surface area contributed by atoms with Gasteiger partial charge in [-0.25, -0.2) is 9.37 Å². The number of hydrogen-bond acceptors (Lipinski definition) is 5. The van der Waals surface area contributed by atoms with Gasteiger partial charge in [0.05, 0.1) is 6.20 Å². The molecule has 5 nitrogen and oxygen atoms in total. The van der Waals surface area contributed by atoms with Gasteiger partial charge in [-0.3, -0.25) is 0 Å². The Bertz CT molecular complexity index is 575. The van der Waals surface area contributed by atoms with Gasteiger partial charge in [0.2, 0.25) is 5.71 Å². The molecule has 1 aliphatic heterocycles. The number of alkyl halides is 1. The quantitative estimate of drug-likeness (QED) is 0.853. The maximum Gasteiger partial charge on any atom is 0.299 e. The first-order chi connectivity index (χ1) is 8.65. The number of nitrogens with two attached hydrogens (primary N) is 1. The largest absolute Gasteiger partial charge is 0.404 e. The third kappa shape index (κ3) is 1.72. The summed E-state index contributed by atoms with van der Waals surface area (Å²) in [5.74, 6) is 0.0793. The molecule has 2 aromatic heterocycles. The highest BCUT2D eigenvalue weighted by atomic mass is 35.5. The van der Waals surface area contributed by atoms with Crippen LogP contribution >= 0.6 is 11.6 Å². The van der Waals surface area contributed by atoms with Crippen LogP contribution in [-0.2, 0) is 0 Å². The predicted molar refractivity (Wildman–Crippen MR) is 66.2 cm³/mol. The number of aromatic nitrogens is 2. The highest BCUT2D eigenvalue weighted by molar-refractivity contribution is 6.18. The second-order valence-electron chi connectivity index (χ2n) is 4.67. The minimum Gasteiger partial charge on any atom is -0.404 e. The molecular formula is C11H12ClFN4O. The molecule has 0 radical (unpaired) electrons. The summed E-state index contributed by atoms with van der Waals surface area (Å²) >= 11 is 5.89. The lowest BCUT2D eigenvalue weighted by Crippen LogP contribution is -2.61. The van der Waals surface area contributed by atoms with Crippen molar-refractivity contribution in [2.24, 2.45) is 11.1 Å². The van der Waals surface area contributed by atoms with E-state index in [4.69, 9.17) is 21.8 Å². The Kier molecular flexibility index (Phi) is 2.64. The molecule has 0 saturated carbocycles. The van der Waals surface area contributed by atoms with Crippen LogP contribution in [0.5, 0.6) is 0 Å². The molecule has 0 unspecified atom stereocenters. The van der Waals surface area contributed by atoms with E-state index >= 15 is 0 Å². The molecule has 18 heavy (non-hydrogen) atoms. The highest BCUT2D eigenvalue weighted by Gasteiger charge is 2.43. The smallest absolute Gasteiger partial charge is 0.299 e. The zero-order valence-corrected chi connectivity index (χ0v) is 10.3. The zero-order valence-electron chi connectivity index (χ0n) is 9.57. The summed E-state index contributed by atoms with van der Waals surface area (Å²) < 4.78 is 18.4. The minimum absolute atomic E-state index is 0.0686. The van der Waals surface area contributed by atoms with Crippen LogP contribution < -0.4 is 10.6 Å². The van der Waals surface area contributed by atoms with Crippen LogP contribution in [0.2, 0.25) is 0 Å². The number of pyridine rings is 1. The van der Waals surface area contributed by atoms with Crippen molar-refractivity contribution in [2.75, 3.05) is 30.4 Å². The average molecular weight is 271 g/mol. The van der Waals surface area contributed by atoms with E-state index in [1.54, 1.807) is 0 Å². The third-order valence-electron chi connectivity index (χ3n) is 3.24. The van der Waals surface area contributed by atoms with Crippen LogP contribution in [0.3, 0.4) is 0 Å². The van der Waals surface area contributed by atoms with Crippen LogP contribution in [-0.4, -0.2) is 35.5 Å². The summed E-state index contributed by atoms with van der Waals surface area (Å²) in [4.78, 5) is 9.97. The van der Waals surface area contributed by atoms with Gasteiger partial charge in [-0.1, -0.05) is 0 Å². The van der Waals surface area contributed by atoms with Gasteiger partial charge in [0, 0.05) is 37.0 Å². The van der Waals surface area contributed by atoms with Crippen molar-refractivity contribution in [1.29, 1.82) is 0 Å². The molecule has 7 heteroatoms. The monoisotopic (exact) mass is 270 g/mol. The molecule has 1 saturated heterocycles. The molecule has 1 fully saturated rings. The van der Waals surface area contributed by atoms with Crippen molar-refractivity contribution in [2.45, 2.75) is 0 Å². The Labute approximate surface area is 108 Å². The molecule has 1 aliphatic rings. The average Bonchev–Trinajstić information content (AvgIpc) is 2.71. The fraction of sp³-hybridized carbons (Fsp3) is 0.455. The summed E-state index contributed by atoms with van der Waals surface area (Å²) in [7, 11) is 0. The van der Waals surface area contributed by atoms with Gasteiger partial charge >= 0.3 is 0 Å². The third-order valence-corrected chi connectivity index (χ3v) is 3.81. The minimum atomic E-state index is -0.428. The predicted octanol–water partition coefficient (Wildman–Crippen LogP) is 1.37. The van der Waals surface area contributed by atoms with E-state index in [1.807, 2.05) is 4.90 Å². The van der Waals surface area contributed by atoms with Crippen molar-refractivity contribution >= 4 is 28.8 Å². The van der Waals surface area contributed by atoms with Gasteiger partial charge in [0.15, 0.2) is 0 Å². The molecule has 0 bridgehead atoms. The van der Waals surface area contributed by atoms with E-state index in [9.17, 15) is 4.39 Å². The summed E-state index contributed by atoms with van der Waals surface area (Å²) in [6, 6.07) is 1.74. The Hall–Kier alpha value is -1.40. The lowest BCUT2D eigenvalue weighted by Gasteiger charge is -2.47. The van der Waals surface area contributed by atoms with Gasteiger partial charge in [0.25, 0.3) is 6.01 Å². The van der Waals surface area contributed by atoms with Crippen LogP contribution in [0.25, 0.3) is 11.2 Å². The normalized spacial score (nSPS) is 18.1. The summed E-state index contributed by atoms with van der Waals surface area (Å²) in [5.41, 5.74) is 6.38. The number of halogens is 2. The van der Waals surface area contributed by atoms with Crippen molar-refractivity contribution in [3.63, 3.8) is 0 Å². The van der Waals surface area contributed by atoms with E-state index < -0.39 is 5.82 Å². The Morgan fingerprint density at radius 3 is 3.00 bits per heavy atom. The van der Waals surface area contributed by atoms with Crippen molar-refractivity contribution in [1.82, 2.24) is 9.97 Å². The molecule has 0 aromatic carbocycles. The van der Waals surface area contributed by atoms with Gasteiger partial charge in [-0.2, -0.15) is 4.98 Å². The molecule has 2 aromatic rings. The van der Waals surface area contributed by atoms with Crippen molar-refractivity contribution in [3.8, 4) is 0 Å². The van der Waals surface area contributed by atoms with Crippen molar-refractivity contribution < 1.29 is 8.81 Å². The van der Waals surface area contributed by atoms with E-state index in [-0.39, 0.29) is 5.41 Å². The second kappa shape index (κ2) is 4.07. The summed E-state index contributed by atoms with van der Waals surface area (Å²) in [6.45, 7) is 1.92. The van der Waals surface area contributed by atoms with Gasteiger partial charge in [-0.05, 0) is 0 Å². The topological polar surface area (TPSA) is 68.2 Å². The van der Waals surface area contributed by atoms with Gasteiger partial charge in [0.1, 0.15) is 11.3 Å². The SMILES string of the molecule is NCC1(CCl)CN(c2nc3cc(F)cnc3o2)C1. The fourth-order valence-electron chi connectivity index (χ4n) is 2.09. The Morgan fingerprint density at radius 1 is 1.56 bits per heavy atom. The summed E-state index contributed by atoms with van der Waals surface area (Å²) in [6.07, 6.45) is 1.11. The van der Waals surface area contributed by atoms with E-state index in [0.717, 1.165) is 6.20 Å². The first-order valence-electron chi connectivity index (χ1n) is 5.59.